The van der Waals surface area contributed by atoms with E-state index in [0.717, 1.165) is 17.7 Å². The Balaban J connectivity index is 2.18. The highest BCUT2D eigenvalue weighted by molar-refractivity contribution is 6.27. The van der Waals surface area contributed by atoms with Gasteiger partial charge in [-0.15, -0.1) is 11.6 Å². The number of nitrogens with zero attached hydrogens (tertiary/aromatic N) is 1. The molecule has 1 heterocycles. The summed E-state index contributed by atoms with van der Waals surface area (Å²) in [6.07, 6.45) is -2.03. The molecule has 1 aliphatic rings. The molecule has 108 valence electrons. The first-order valence-corrected chi connectivity index (χ1v) is 6.65. The van der Waals surface area contributed by atoms with Crippen molar-refractivity contribution in [3.05, 3.63) is 41.5 Å². The lowest BCUT2D eigenvalue weighted by atomic mass is 9.97. The third-order valence-corrected chi connectivity index (χ3v) is 3.47. The van der Waals surface area contributed by atoms with Gasteiger partial charge in [0, 0.05) is 13.1 Å². The first kappa shape index (κ1) is 14.9. The number of hydrogen-bond acceptors (Lipinski definition) is 1. The third kappa shape index (κ3) is 3.33. The van der Waals surface area contributed by atoms with E-state index in [0.29, 0.717) is 25.1 Å². The van der Waals surface area contributed by atoms with Gasteiger partial charge in [0.05, 0.1) is 5.56 Å². The van der Waals surface area contributed by atoms with Crippen LogP contribution in [0, 0.1) is 0 Å². The van der Waals surface area contributed by atoms with Crippen molar-refractivity contribution in [1.29, 1.82) is 0 Å². The number of hydrogen-bond donors (Lipinski definition) is 0. The van der Waals surface area contributed by atoms with E-state index in [-0.39, 0.29) is 11.8 Å². The van der Waals surface area contributed by atoms with E-state index in [2.05, 4.69) is 0 Å². The third-order valence-electron chi connectivity index (χ3n) is 3.24. The van der Waals surface area contributed by atoms with Crippen molar-refractivity contribution >= 4 is 23.1 Å². The molecule has 6 heteroatoms. The number of halogens is 4. The number of carbonyl (C=O) groups excluding carboxylic acids is 1. The molecule has 0 saturated carbocycles. The average molecular weight is 304 g/mol. The highest BCUT2D eigenvalue weighted by Gasteiger charge is 2.30. The summed E-state index contributed by atoms with van der Waals surface area (Å²) >= 11 is 5.47. The first-order chi connectivity index (χ1) is 9.41. The molecule has 1 aromatic rings. The molecule has 0 atom stereocenters. The molecule has 0 fully saturated rings. The fraction of sp³-hybridized carbons (Fsp3) is 0.357. The predicted molar refractivity (Wildman–Crippen MR) is 71.3 cm³/mol. The quantitative estimate of drug-likeness (QED) is 0.765. The minimum atomic E-state index is -4.34. The van der Waals surface area contributed by atoms with Crippen molar-refractivity contribution in [3.63, 3.8) is 0 Å². The number of alkyl halides is 4. The first-order valence-electron chi connectivity index (χ1n) is 6.12. The maximum atomic E-state index is 12.7. The summed E-state index contributed by atoms with van der Waals surface area (Å²) in [6.45, 7) is 0.866. The summed E-state index contributed by atoms with van der Waals surface area (Å²) in [6, 6.07) is 5.25. The standard InChI is InChI=1S/C14H13ClF3NO/c15-9-13(20)19-6-4-10(5-7-19)11-2-1-3-12(8-11)14(16,17)18/h1-4,8H,5-7,9H2. The van der Waals surface area contributed by atoms with E-state index >= 15 is 0 Å². The fourth-order valence-corrected chi connectivity index (χ4v) is 2.31. The monoisotopic (exact) mass is 303 g/mol. The van der Waals surface area contributed by atoms with Crippen molar-refractivity contribution in [2.45, 2.75) is 12.6 Å². The van der Waals surface area contributed by atoms with Crippen LogP contribution in [-0.4, -0.2) is 29.8 Å². The zero-order valence-electron chi connectivity index (χ0n) is 10.6. The molecule has 0 bridgehead atoms. The minimum Gasteiger partial charge on any atom is -0.338 e. The molecule has 0 radical (unpaired) electrons. The predicted octanol–water partition coefficient (Wildman–Crippen LogP) is 3.56. The number of carbonyl (C=O) groups is 1. The van der Waals surface area contributed by atoms with Gasteiger partial charge < -0.3 is 4.90 Å². The summed E-state index contributed by atoms with van der Waals surface area (Å²) in [5.41, 5.74) is 0.725. The molecule has 2 nitrogen and oxygen atoms in total. The fourth-order valence-electron chi connectivity index (χ4n) is 2.14. The Hall–Kier alpha value is -1.49. The van der Waals surface area contributed by atoms with Crippen LogP contribution < -0.4 is 0 Å². The molecule has 0 aliphatic carbocycles. The van der Waals surface area contributed by atoms with Gasteiger partial charge in [-0.3, -0.25) is 4.79 Å². The van der Waals surface area contributed by atoms with Crippen molar-refractivity contribution in [1.82, 2.24) is 4.90 Å². The minimum absolute atomic E-state index is 0.0767. The van der Waals surface area contributed by atoms with Crippen LogP contribution >= 0.6 is 11.6 Å². The molecule has 1 amide bonds. The van der Waals surface area contributed by atoms with E-state index in [1.54, 1.807) is 17.0 Å². The van der Waals surface area contributed by atoms with Gasteiger partial charge in [0.1, 0.15) is 5.88 Å². The van der Waals surface area contributed by atoms with Crippen molar-refractivity contribution in [2.24, 2.45) is 0 Å². The van der Waals surface area contributed by atoms with Gasteiger partial charge in [-0.1, -0.05) is 18.2 Å². The van der Waals surface area contributed by atoms with Crippen LogP contribution in [0.15, 0.2) is 30.3 Å². The van der Waals surface area contributed by atoms with Crippen molar-refractivity contribution in [3.8, 4) is 0 Å². The Morgan fingerprint density at radius 2 is 2.10 bits per heavy atom. The van der Waals surface area contributed by atoms with Gasteiger partial charge in [0.15, 0.2) is 0 Å². The number of amides is 1. The van der Waals surface area contributed by atoms with E-state index < -0.39 is 11.7 Å². The SMILES string of the molecule is O=C(CCl)N1CC=C(c2cccc(C(F)(F)F)c2)CC1. The molecular formula is C14H13ClF3NO. The van der Waals surface area contributed by atoms with Gasteiger partial charge in [0.25, 0.3) is 0 Å². The van der Waals surface area contributed by atoms with Crippen LogP contribution in [0.2, 0.25) is 0 Å². The largest absolute Gasteiger partial charge is 0.416 e. The Kier molecular flexibility index (Phi) is 4.38. The Bertz CT molecular complexity index is 539. The van der Waals surface area contributed by atoms with Crippen LogP contribution in [0.3, 0.4) is 0 Å². The molecule has 0 saturated heterocycles. The summed E-state index contributed by atoms with van der Waals surface area (Å²) in [5, 5.41) is 0. The van der Waals surface area contributed by atoms with E-state index in [9.17, 15) is 18.0 Å². The van der Waals surface area contributed by atoms with Crippen LogP contribution in [0.4, 0.5) is 13.2 Å². The van der Waals surface area contributed by atoms with Gasteiger partial charge in [-0.25, -0.2) is 0 Å². The highest BCUT2D eigenvalue weighted by Crippen LogP contribution is 2.32. The zero-order chi connectivity index (χ0) is 14.8. The second-order valence-electron chi connectivity index (χ2n) is 4.53. The van der Waals surface area contributed by atoms with Crippen LogP contribution in [0.25, 0.3) is 5.57 Å². The Labute approximate surface area is 119 Å². The van der Waals surface area contributed by atoms with Gasteiger partial charge in [-0.2, -0.15) is 13.2 Å². The molecule has 1 aliphatic heterocycles. The van der Waals surface area contributed by atoms with E-state index in [1.807, 2.05) is 0 Å². The molecule has 2 rings (SSSR count). The maximum Gasteiger partial charge on any atom is 0.416 e. The topological polar surface area (TPSA) is 20.3 Å². The summed E-state index contributed by atoms with van der Waals surface area (Å²) in [4.78, 5) is 13.0. The van der Waals surface area contributed by atoms with Crippen LogP contribution in [0.5, 0.6) is 0 Å². The van der Waals surface area contributed by atoms with E-state index in [1.165, 1.54) is 6.07 Å². The smallest absolute Gasteiger partial charge is 0.338 e. The lowest BCUT2D eigenvalue weighted by Crippen LogP contribution is -2.35. The van der Waals surface area contributed by atoms with Crippen molar-refractivity contribution < 1.29 is 18.0 Å². The molecule has 20 heavy (non-hydrogen) atoms. The van der Waals surface area contributed by atoms with Gasteiger partial charge in [-0.05, 0) is 29.7 Å². The Morgan fingerprint density at radius 3 is 2.65 bits per heavy atom. The van der Waals surface area contributed by atoms with E-state index in [4.69, 9.17) is 11.6 Å². The summed E-state index contributed by atoms with van der Waals surface area (Å²) in [5.74, 6) is -0.238. The van der Waals surface area contributed by atoms with Gasteiger partial charge in [0.2, 0.25) is 5.91 Å². The molecule has 0 unspecified atom stereocenters. The van der Waals surface area contributed by atoms with Gasteiger partial charge >= 0.3 is 6.18 Å². The molecule has 1 aromatic carbocycles. The Morgan fingerprint density at radius 1 is 1.35 bits per heavy atom. The molecular weight excluding hydrogens is 291 g/mol. The molecule has 0 N–H and O–H groups in total. The average Bonchev–Trinajstić information content (AvgIpc) is 2.46. The highest BCUT2D eigenvalue weighted by atomic mass is 35.5. The summed E-state index contributed by atoms with van der Waals surface area (Å²) < 4.78 is 38.0. The lowest BCUT2D eigenvalue weighted by Gasteiger charge is -2.26. The number of benzene rings is 1. The molecule has 0 aromatic heterocycles. The number of rotatable bonds is 2. The van der Waals surface area contributed by atoms with Crippen LogP contribution in [-0.2, 0) is 11.0 Å². The zero-order valence-corrected chi connectivity index (χ0v) is 11.3. The van der Waals surface area contributed by atoms with Crippen molar-refractivity contribution in [2.75, 3.05) is 19.0 Å². The van der Waals surface area contributed by atoms with Crippen LogP contribution in [0.1, 0.15) is 17.5 Å². The summed E-state index contributed by atoms with van der Waals surface area (Å²) in [7, 11) is 0. The lowest BCUT2D eigenvalue weighted by molar-refractivity contribution is -0.137. The second kappa shape index (κ2) is 5.87. The maximum absolute atomic E-state index is 12.7. The second-order valence-corrected chi connectivity index (χ2v) is 4.80. The normalized spacial score (nSPS) is 16.0. The molecule has 0 spiro atoms.